The fraction of sp³-hybridized carbons (Fsp3) is 0.636. The molecule has 13 heavy (non-hydrogen) atoms. The van der Waals surface area contributed by atoms with Gasteiger partial charge in [-0.15, -0.1) is 0 Å². The number of nitrogens with two attached hydrogens (primary N) is 1. The van der Waals surface area contributed by atoms with E-state index in [9.17, 15) is 0 Å². The minimum Gasteiger partial charge on any atom is -0.466 e. The lowest BCUT2D eigenvalue weighted by atomic mass is 9.83. The lowest BCUT2D eigenvalue weighted by molar-refractivity contribution is 0.323. The van der Waals surface area contributed by atoms with Crippen LogP contribution in [0.4, 0.5) is 0 Å². The van der Waals surface area contributed by atoms with Gasteiger partial charge in [-0.2, -0.15) is 0 Å². The summed E-state index contributed by atoms with van der Waals surface area (Å²) in [7, 11) is 0. The van der Waals surface area contributed by atoms with Gasteiger partial charge in [0.2, 0.25) is 0 Å². The molecule has 1 fully saturated rings. The standard InChI is InChI=1S/C11H17NO/c1-8-4-5-9(13-8)11(6-7-11)10(2,3)12/h4-5H,6-7,12H2,1-3H3. The van der Waals surface area contributed by atoms with Gasteiger partial charge in [-0.1, -0.05) is 0 Å². The monoisotopic (exact) mass is 179 g/mol. The summed E-state index contributed by atoms with van der Waals surface area (Å²) in [5, 5.41) is 0. The van der Waals surface area contributed by atoms with Gasteiger partial charge in [-0.05, 0) is 45.7 Å². The molecule has 1 aliphatic rings. The maximum Gasteiger partial charge on any atom is 0.112 e. The highest BCUT2D eigenvalue weighted by Gasteiger charge is 2.56. The first-order chi connectivity index (χ1) is 5.96. The third kappa shape index (κ3) is 1.20. The SMILES string of the molecule is Cc1ccc(C2(C(C)(C)N)CC2)o1. The largest absolute Gasteiger partial charge is 0.466 e. The molecule has 1 aliphatic carbocycles. The molecule has 1 aromatic heterocycles. The van der Waals surface area contributed by atoms with Crippen molar-refractivity contribution >= 4 is 0 Å². The van der Waals surface area contributed by atoms with Gasteiger partial charge in [-0.25, -0.2) is 0 Å². The summed E-state index contributed by atoms with van der Waals surface area (Å²) in [5.74, 6) is 2.04. The molecule has 2 heteroatoms. The van der Waals surface area contributed by atoms with Crippen LogP contribution in [0.3, 0.4) is 0 Å². The van der Waals surface area contributed by atoms with E-state index in [1.807, 2.05) is 13.0 Å². The lowest BCUT2D eigenvalue weighted by Gasteiger charge is -2.28. The molecule has 0 aliphatic heterocycles. The predicted molar refractivity (Wildman–Crippen MR) is 52.6 cm³/mol. The van der Waals surface area contributed by atoms with Crippen LogP contribution < -0.4 is 5.73 Å². The molecule has 1 heterocycles. The van der Waals surface area contributed by atoms with Crippen molar-refractivity contribution in [3.63, 3.8) is 0 Å². The van der Waals surface area contributed by atoms with E-state index in [1.165, 1.54) is 0 Å². The molecule has 0 unspecified atom stereocenters. The maximum atomic E-state index is 6.16. The number of hydrogen-bond donors (Lipinski definition) is 1. The molecule has 0 amide bonds. The molecule has 0 spiro atoms. The Balaban J connectivity index is 2.36. The zero-order chi connectivity index (χ0) is 9.69. The Morgan fingerprint density at radius 3 is 2.31 bits per heavy atom. The first-order valence-electron chi connectivity index (χ1n) is 4.81. The summed E-state index contributed by atoms with van der Waals surface area (Å²) in [6.07, 6.45) is 2.31. The van der Waals surface area contributed by atoms with E-state index in [2.05, 4.69) is 19.9 Å². The van der Waals surface area contributed by atoms with Crippen LogP contribution in [0.15, 0.2) is 16.5 Å². The van der Waals surface area contributed by atoms with Crippen molar-refractivity contribution in [2.45, 2.75) is 44.6 Å². The van der Waals surface area contributed by atoms with Crippen molar-refractivity contribution in [2.24, 2.45) is 5.73 Å². The Kier molecular flexibility index (Phi) is 1.62. The Bertz CT molecular complexity index is 315. The van der Waals surface area contributed by atoms with Crippen molar-refractivity contribution in [3.8, 4) is 0 Å². The van der Waals surface area contributed by atoms with Crippen LogP contribution in [0.25, 0.3) is 0 Å². The van der Waals surface area contributed by atoms with Crippen LogP contribution in [0.2, 0.25) is 0 Å². The molecule has 2 rings (SSSR count). The van der Waals surface area contributed by atoms with E-state index in [0.717, 1.165) is 24.4 Å². The third-order valence-electron chi connectivity index (χ3n) is 3.20. The van der Waals surface area contributed by atoms with Gasteiger partial charge in [0.25, 0.3) is 0 Å². The average molecular weight is 179 g/mol. The normalized spacial score (nSPS) is 20.3. The fourth-order valence-electron chi connectivity index (χ4n) is 2.02. The third-order valence-corrected chi connectivity index (χ3v) is 3.20. The van der Waals surface area contributed by atoms with Crippen LogP contribution >= 0.6 is 0 Å². The van der Waals surface area contributed by atoms with Crippen LogP contribution in [0.1, 0.15) is 38.2 Å². The second kappa shape index (κ2) is 2.38. The molecule has 2 nitrogen and oxygen atoms in total. The van der Waals surface area contributed by atoms with Gasteiger partial charge >= 0.3 is 0 Å². The Labute approximate surface area is 79.1 Å². The Morgan fingerprint density at radius 1 is 1.38 bits per heavy atom. The highest BCUT2D eigenvalue weighted by atomic mass is 16.3. The first-order valence-corrected chi connectivity index (χ1v) is 4.81. The quantitative estimate of drug-likeness (QED) is 0.757. The second-order valence-electron chi connectivity index (χ2n) is 4.71. The molecule has 2 N–H and O–H groups in total. The van der Waals surface area contributed by atoms with Gasteiger partial charge in [-0.3, -0.25) is 0 Å². The molecule has 1 saturated carbocycles. The zero-order valence-corrected chi connectivity index (χ0v) is 8.55. The Morgan fingerprint density at radius 2 is 2.00 bits per heavy atom. The van der Waals surface area contributed by atoms with E-state index >= 15 is 0 Å². The number of rotatable bonds is 2. The summed E-state index contributed by atoms with van der Waals surface area (Å²) in [6.45, 7) is 6.14. The van der Waals surface area contributed by atoms with Crippen LogP contribution in [-0.2, 0) is 5.41 Å². The van der Waals surface area contributed by atoms with Gasteiger partial charge in [0.1, 0.15) is 11.5 Å². The van der Waals surface area contributed by atoms with Crippen molar-refractivity contribution in [1.29, 1.82) is 0 Å². The topological polar surface area (TPSA) is 39.2 Å². The summed E-state index contributed by atoms with van der Waals surface area (Å²) < 4.78 is 5.66. The molecule has 0 bridgehead atoms. The molecule has 72 valence electrons. The van der Waals surface area contributed by atoms with Gasteiger partial charge in [0.15, 0.2) is 0 Å². The van der Waals surface area contributed by atoms with E-state index in [4.69, 9.17) is 10.2 Å². The highest BCUT2D eigenvalue weighted by molar-refractivity contribution is 5.30. The van der Waals surface area contributed by atoms with Crippen molar-refractivity contribution in [1.82, 2.24) is 0 Å². The van der Waals surface area contributed by atoms with Crippen LogP contribution in [0.5, 0.6) is 0 Å². The number of hydrogen-bond acceptors (Lipinski definition) is 2. The van der Waals surface area contributed by atoms with Crippen molar-refractivity contribution < 1.29 is 4.42 Å². The van der Waals surface area contributed by atoms with Gasteiger partial charge in [0, 0.05) is 11.0 Å². The maximum absolute atomic E-state index is 6.16. The molecular weight excluding hydrogens is 162 g/mol. The molecule has 0 radical (unpaired) electrons. The van der Waals surface area contributed by atoms with Crippen LogP contribution in [0, 0.1) is 6.92 Å². The lowest BCUT2D eigenvalue weighted by Crippen LogP contribution is -2.45. The Hall–Kier alpha value is -0.760. The summed E-state index contributed by atoms with van der Waals surface area (Å²) in [6, 6.07) is 4.08. The molecule has 0 saturated heterocycles. The van der Waals surface area contributed by atoms with Gasteiger partial charge < -0.3 is 10.2 Å². The zero-order valence-electron chi connectivity index (χ0n) is 8.55. The van der Waals surface area contributed by atoms with E-state index in [1.54, 1.807) is 0 Å². The molecule has 0 aromatic carbocycles. The summed E-state index contributed by atoms with van der Waals surface area (Å²) in [4.78, 5) is 0. The number of furan rings is 1. The van der Waals surface area contributed by atoms with Gasteiger partial charge in [0.05, 0.1) is 0 Å². The van der Waals surface area contributed by atoms with E-state index in [-0.39, 0.29) is 11.0 Å². The predicted octanol–water partition coefficient (Wildman–Crippen LogP) is 2.36. The fourth-order valence-corrected chi connectivity index (χ4v) is 2.02. The highest BCUT2D eigenvalue weighted by Crippen LogP contribution is 2.54. The molecular formula is C11H17NO. The second-order valence-corrected chi connectivity index (χ2v) is 4.71. The minimum absolute atomic E-state index is 0.112. The summed E-state index contributed by atoms with van der Waals surface area (Å²) >= 11 is 0. The van der Waals surface area contributed by atoms with Crippen molar-refractivity contribution in [2.75, 3.05) is 0 Å². The van der Waals surface area contributed by atoms with E-state index < -0.39 is 0 Å². The molecule has 1 aromatic rings. The van der Waals surface area contributed by atoms with Crippen LogP contribution in [-0.4, -0.2) is 5.54 Å². The van der Waals surface area contributed by atoms with E-state index in [0.29, 0.717) is 0 Å². The molecule has 0 atom stereocenters. The van der Waals surface area contributed by atoms with Crippen molar-refractivity contribution in [3.05, 3.63) is 23.7 Å². The summed E-state index contributed by atoms with van der Waals surface area (Å²) in [5.41, 5.74) is 6.10. The average Bonchev–Trinajstić information content (AvgIpc) is 2.70. The minimum atomic E-state index is -0.169. The number of aryl methyl sites for hydroxylation is 1. The first kappa shape index (κ1) is 8.82. The smallest absolute Gasteiger partial charge is 0.112 e.